The van der Waals surface area contributed by atoms with Crippen LogP contribution in [0.25, 0.3) is 0 Å². The lowest BCUT2D eigenvalue weighted by Gasteiger charge is -2.07. The lowest BCUT2D eigenvalue weighted by Crippen LogP contribution is -2.25. The molecule has 0 heterocycles. The molecule has 2 aromatic carbocycles. The summed E-state index contributed by atoms with van der Waals surface area (Å²) in [6.45, 7) is 3.54. The fourth-order valence-electron chi connectivity index (χ4n) is 2.03. The second-order valence-electron chi connectivity index (χ2n) is 5.22. The summed E-state index contributed by atoms with van der Waals surface area (Å²) < 4.78 is 5.38. The largest absolute Gasteiger partial charge is 0.508 e. The number of carbonyl (C=O) groups is 1. The molecule has 0 aliphatic rings. The minimum absolute atomic E-state index is 0.0458. The summed E-state index contributed by atoms with van der Waals surface area (Å²) in [4.78, 5) is 11.8. The monoisotopic (exact) mass is 328 g/mol. The molecule has 0 saturated carbocycles. The summed E-state index contributed by atoms with van der Waals surface area (Å²) in [6, 6.07) is 11.7. The van der Waals surface area contributed by atoms with E-state index in [4.69, 9.17) is 4.74 Å². The third kappa shape index (κ3) is 4.74. The minimum atomic E-state index is -0.410. The van der Waals surface area contributed by atoms with Gasteiger partial charge < -0.3 is 14.9 Å². The average Bonchev–Trinajstić information content (AvgIpc) is 2.58. The first kappa shape index (κ1) is 17.3. The number of ether oxygens (including phenoxy) is 1. The third-order valence-electron chi connectivity index (χ3n) is 3.42. The highest BCUT2D eigenvalue weighted by Crippen LogP contribution is 2.22. The third-order valence-corrected chi connectivity index (χ3v) is 3.42. The molecule has 6 nitrogen and oxygen atoms in total. The Labute approximate surface area is 140 Å². The highest BCUT2D eigenvalue weighted by Gasteiger charge is 2.07. The zero-order valence-electron chi connectivity index (χ0n) is 13.6. The molecule has 0 aliphatic heterocycles. The second-order valence-corrected chi connectivity index (χ2v) is 5.22. The van der Waals surface area contributed by atoms with Crippen LogP contribution in [-0.2, 0) is 11.2 Å². The van der Waals surface area contributed by atoms with Crippen molar-refractivity contribution in [2.75, 3.05) is 6.61 Å². The van der Waals surface area contributed by atoms with Gasteiger partial charge in [0.2, 0.25) is 0 Å². The Hall–Kier alpha value is -3.02. The van der Waals surface area contributed by atoms with Crippen molar-refractivity contribution < 1.29 is 19.7 Å². The zero-order chi connectivity index (χ0) is 17.5. The van der Waals surface area contributed by atoms with Crippen molar-refractivity contribution in [2.24, 2.45) is 5.10 Å². The first-order valence-corrected chi connectivity index (χ1v) is 7.56. The van der Waals surface area contributed by atoms with E-state index in [0.29, 0.717) is 17.0 Å². The standard InChI is InChI=1S/C18H20N2O4/c1-3-13-4-7-15(8-5-13)24-11-18(23)20-19-12(2)16-9-6-14(21)10-17(16)22/h4-10,21-22H,3,11H2,1-2H3,(H,20,23)/b19-12+. The van der Waals surface area contributed by atoms with Gasteiger partial charge in [-0.05, 0) is 43.2 Å². The number of benzene rings is 2. The smallest absolute Gasteiger partial charge is 0.277 e. The van der Waals surface area contributed by atoms with Crippen molar-refractivity contribution in [3.8, 4) is 17.2 Å². The molecule has 6 heteroatoms. The maximum atomic E-state index is 11.8. The normalized spacial score (nSPS) is 11.2. The van der Waals surface area contributed by atoms with Crippen molar-refractivity contribution in [1.82, 2.24) is 5.43 Å². The molecule has 24 heavy (non-hydrogen) atoms. The SMILES string of the molecule is CCc1ccc(OCC(=O)N/N=C(\C)c2ccc(O)cc2O)cc1. The molecule has 3 N–H and O–H groups in total. The summed E-state index contributed by atoms with van der Waals surface area (Å²) in [5.41, 5.74) is 4.39. The van der Waals surface area contributed by atoms with Gasteiger partial charge in [0.15, 0.2) is 6.61 Å². The molecule has 0 atom stereocenters. The van der Waals surface area contributed by atoms with Gasteiger partial charge in [-0.15, -0.1) is 0 Å². The van der Waals surface area contributed by atoms with Crippen LogP contribution < -0.4 is 10.2 Å². The molecule has 0 aliphatic carbocycles. The predicted octanol–water partition coefficient (Wildman–Crippen LogP) is 2.58. The Bertz CT molecular complexity index is 739. The highest BCUT2D eigenvalue weighted by molar-refractivity contribution is 6.01. The Balaban J connectivity index is 1.89. The van der Waals surface area contributed by atoms with Crippen molar-refractivity contribution in [3.63, 3.8) is 0 Å². The van der Waals surface area contributed by atoms with Crippen molar-refractivity contribution in [2.45, 2.75) is 20.3 Å². The van der Waals surface area contributed by atoms with Gasteiger partial charge in [-0.1, -0.05) is 19.1 Å². The van der Waals surface area contributed by atoms with Gasteiger partial charge in [0.25, 0.3) is 5.91 Å². The Morgan fingerprint density at radius 2 is 1.88 bits per heavy atom. The quantitative estimate of drug-likeness (QED) is 0.561. The van der Waals surface area contributed by atoms with E-state index in [9.17, 15) is 15.0 Å². The van der Waals surface area contributed by atoms with Gasteiger partial charge in [-0.3, -0.25) is 4.79 Å². The Morgan fingerprint density at radius 1 is 1.17 bits per heavy atom. The minimum Gasteiger partial charge on any atom is -0.508 e. The Morgan fingerprint density at radius 3 is 2.50 bits per heavy atom. The molecular weight excluding hydrogens is 308 g/mol. The van der Waals surface area contributed by atoms with Crippen LogP contribution in [0.1, 0.15) is 25.0 Å². The van der Waals surface area contributed by atoms with Crippen LogP contribution in [0.2, 0.25) is 0 Å². The molecular formula is C18H20N2O4. The molecule has 2 rings (SSSR count). The van der Waals surface area contributed by atoms with E-state index in [-0.39, 0.29) is 18.1 Å². The lowest BCUT2D eigenvalue weighted by molar-refractivity contribution is -0.123. The van der Waals surface area contributed by atoms with Gasteiger partial charge in [0.1, 0.15) is 17.2 Å². The number of phenolic OH excluding ortho intramolecular Hbond substituents is 2. The van der Waals surface area contributed by atoms with E-state index in [1.165, 1.54) is 23.8 Å². The van der Waals surface area contributed by atoms with E-state index < -0.39 is 5.91 Å². The summed E-state index contributed by atoms with van der Waals surface area (Å²) >= 11 is 0. The van der Waals surface area contributed by atoms with Crippen LogP contribution in [-0.4, -0.2) is 28.4 Å². The average molecular weight is 328 g/mol. The van der Waals surface area contributed by atoms with Gasteiger partial charge in [-0.25, -0.2) is 5.43 Å². The van der Waals surface area contributed by atoms with E-state index in [2.05, 4.69) is 17.5 Å². The van der Waals surface area contributed by atoms with Gasteiger partial charge in [0.05, 0.1) is 5.71 Å². The van der Waals surface area contributed by atoms with Crippen molar-refractivity contribution in [3.05, 3.63) is 53.6 Å². The molecule has 0 unspecified atom stereocenters. The summed E-state index contributed by atoms with van der Waals surface area (Å²) in [5.74, 6) is 0.0414. The first-order valence-electron chi connectivity index (χ1n) is 7.56. The van der Waals surface area contributed by atoms with Crippen LogP contribution in [0.4, 0.5) is 0 Å². The molecule has 0 saturated heterocycles. The van der Waals surface area contributed by atoms with E-state index in [1.807, 2.05) is 24.3 Å². The van der Waals surface area contributed by atoms with Crippen LogP contribution in [0.3, 0.4) is 0 Å². The zero-order valence-corrected chi connectivity index (χ0v) is 13.6. The number of phenols is 2. The van der Waals surface area contributed by atoms with Crippen molar-refractivity contribution >= 4 is 11.6 Å². The Kier molecular flexibility index (Phi) is 5.78. The number of nitrogens with zero attached hydrogens (tertiary/aromatic N) is 1. The van der Waals surface area contributed by atoms with E-state index >= 15 is 0 Å². The molecule has 2 aromatic rings. The molecule has 1 amide bonds. The summed E-state index contributed by atoms with van der Waals surface area (Å²) in [7, 11) is 0. The number of hydrazone groups is 1. The number of hydrogen-bond donors (Lipinski definition) is 3. The highest BCUT2D eigenvalue weighted by atomic mass is 16.5. The summed E-state index contributed by atoms with van der Waals surface area (Å²) in [6.07, 6.45) is 0.943. The number of aryl methyl sites for hydroxylation is 1. The van der Waals surface area contributed by atoms with Crippen LogP contribution in [0.15, 0.2) is 47.6 Å². The maximum Gasteiger partial charge on any atom is 0.277 e. The number of hydrogen-bond acceptors (Lipinski definition) is 5. The lowest BCUT2D eigenvalue weighted by atomic mass is 10.1. The fourth-order valence-corrected chi connectivity index (χ4v) is 2.03. The van der Waals surface area contributed by atoms with Crippen molar-refractivity contribution in [1.29, 1.82) is 0 Å². The van der Waals surface area contributed by atoms with Gasteiger partial charge in [-0.2, -0.15) is 5.10 Å². The molecule has 0 fully saturated rings. The molecule has 126 valence electrons. The van der Waals surface area contributed by atoms with Crippen LogP contribution in [0, 0.1) is 0 Å². The number of amides is 1. The maximum absolute atomic E-state index is 11.8. The molecule has 0 spiro atoms. The fraction of sp³-hybridized carbons (Fsp3) is 0.222. The number of nitrogens with one attached hydrogen (secondary N) is 1. The van der Waals surface area contributed by atoms with Crippen LogP contribution >= 0.6 is 0 Å². The molecule has 0 radical (unpaired) electrons. The van der Waals surface area contributed by atoms with E-state index in [1.54, 1.807) is 6.92 Å². The summed E-state index contributed by atoms with van der Waals surface area (Å²) in [5, 5.41) is 22.9. The number of carbonyl (C=O) groups excluding carboxylic acids is 1. The number of aromatic hydroxyl groups is 2. The first-order chi connectivity index (χ1) is 11.5. The van der Waals surface area contributed by atoms with E-state index in [0.717, 1.165) is 6.42 Å². The predicted molar refractivity (Wildman–Crippen MR) is 91.4 cm³/mol. The van der Waals surface area contributed by atoms with Gasteiger partial charge in [0, 0.05) is 11.6 Å². The number of rotatable bonds is 6. The molecule has 0 aromatic heterocycles. The molecule has 0 bridgehead atoms. The van der Waals surface area contributed by atoms with Gasteiger partial charge >= 0.3 is 0 Å². The second kappa shape index (κ2) is 8.01. The van der Waals surface area contributed by atoms with Crippen LogP contribution in [0.5, 0.6) is 17.2 Å². The topological polar surface area (TPSA) is 91.2 Å².